The molecule has 3 aromatic rings. The maximum Gasteiger partial charge on any atom is 0.0423 e. The summed E-state index contributed by atoms with van der Waals surface area (Å²) in [6, 6.07) is 28.5. The fourth-order valence-corrected chi connectivity index (χ4v) is 3.18. The number of aryl methyl sites for hydroxylation is 2. The van der Waals surface area contributed by atoms with E-state index in [4.69, 9.17) is 0 Å². The van der Waals surface area contributed by atoms with Gasteiger partial charge >= 0.3 is 0 Å². The van der Waals surface area contributed by atoms with Gasteiger partial charge in [0.2, 0.25) is 0 Å². The van der Waals surface area contributed by atoms with E-state index in [1.54, 1.807) is 0 Å². The SMILES string of the molecule is Cc1cccc(C(C)(c2ccccc2)c2cccc(C)c2)c1. The van der Waals surface area contributed by atoms with Crippen LogP contribution in [-0.2, 0) is 5.41 Å². The van der Waals surface area contributed by atoms with Crippen molar-refractivity contribution < 1.29 is 0 Å². The second kappa shape index (κ2) is 5.81. The van der Waals surface area contributed by atoms with Crippen LogP contribution in [0.2, 0.25) is 0 Å². The Morgan fingerprint density at radius 1 is 0.545 bits per heavy atom. The second-order valence-electron chi connectivity index (χ2n) is 6.23. The van der Waals surface area contributed by atoms with E-state index in [1.807, 2.05) is 0 Å². The number of rotatable bonds is 3. The molecule has 110 valence electrons. The van der Waals surface area contributed by atoms with Crippen LogP contribution >= 0.6 is 0 Å². The van der Waals surface area contributed by atoms with Gasteiger partial charge in [0.25, 0.3) is 0 Å². The van der Waals surface area contributed by atoms with Crippen LogP contribution in [0.25, 0.3) is 0 Å². The third-order valence-corrected chi connectivity index (χ3v) is 4.54. The van der Waals surface area contributed by atoms with Crippen LogP contribution in [-0.4, -0.2) is 0 Å². The van der Waals surface area contributed by atoms with Crippen LogP contribution < -0.4 is 0 Å². The van der Waals surface area contributed by atoms with Crippen molar-refractivity contribution in [3.63, 3.8) is 0 Å². The molecule has 0 aliphatic carbocycles. The fraction of sp³-hybridized carbons (Fsp3) is 0.182. The zero-order valence-corrected chi connectivity index (χ0v) is 13.5. The molecule has 3 aromatic carbocycles. The summed E-state index contributed by atoms with van der Waals surface area (Å²) in [5.41, 5.74) is 6.46. The van der Waals surface area contributed by atoms with Crippen molar-refractivity contribution in [3.8, 4) is 0 Å². The van der Waals surface area contributed by atoms with Gasteiger partial charge in [0.1, 0.15) is 0 Å². The average Bonchev–Trinajstić information content (AvgIpc) is 2.55. The van der Waals surface area contributed by atoms with Gasteiger partial charge in [-0.2, -0.15) is 0 Å². The molecule has 0 radical (unpaired) electrons. The molecule has 0 saturated carbocycles. The zero-order chi connectivity index (χ0) is 15.6. The van der Waals surface area contributed by atoms with Gasteiger partial charge in [0.05, 0.1) is 0 Å². The van der Waals surface area contributed by atoms with Crippen LogP contribution in [0.5, 0.6) is 0 Å². The number of benzene rings is 3. The van der Waals surface area contributed by atoms with Crippen LogP contribution in [0.3, 0.4) is 0 Å². The van der Waals surface area contributed by atoms with Crippen LogP contribution in [0.15, 0.2) is 78.9 Å². The van der Waals surface area contributed by atoms with Gasteiger partial charge in [-0.1, -0.05) is 90.0 Å². The predicted octanol–water partition coefficient (Wildman–Crippen LogP) is 5.66. The highest BCUT2D eigenvalue weighted by molar-refractivity contribution is 5.50. The van der Waals surface area contributed by atoms with Crippen LogP contribution in [0.1, 0.15) is 34.7 Å². The molecule has 0 N–H and O–H groups in total. The van der Waals surface area contributed by atoms with Gasteiger partial charge in [-0.15, -0.1) is 0 Å². The van der Waals surface area contributed by atoms with Crippen molar-refractivity contribution in [2.24, 2.45) is 0 Å². The predicted molar refractivity (Wildman–Crippen MR) is 94.4 cm³/mol. The number of hydrogen-bond donors (Lipinski definition) is 0. The van der Waals surface area contributed by atoms with Crippen LogP contribution in [0, 0.1) is 13.8 Å². The molecule has 0 fully saturated rings. The van der Waals surface area contributed by atoms with Crippen LogP contribution in [0.4, 0.5) is 0 Å². The van der Waals surface area contributed by atoms with Gasteiger partial charge in [0, 0.05) is 5.41 Å². The van der Waals surface area contributed by atoms with Crippen molar-refractivity contribution in [1.82, 2.24) is 0 Å². The molecular formula is C22H22. The Bertz CT molecular complexity index is 723. The van der Waals surface area contributed by atoms with Crippen molar-refractivity contribution in [2.75, 3.05) is 0 Å². The molecule has 0 amide bonds. The molecule has 0 unspecified atom stereocenters. The molecule has 0 spiro atoms. The minimum atomic E-state index is -0.140. The van der Waals surface area contributed by atoms with Crippen molar-refractivity contribution >= 4 is 0 Å². The third-order valence-electron chi connectivity index (χ3n) is 4.54. The monoisotopic (exact) mass is 286 g/mol. The molecule has 0 bridgehead atoms. The lowest BCUT2D eigenvalue weighted by Crippen LogP contribution is -2.25. The lowest BCUT2D eigenvalue weighted by Gasteiger charge is -2.32. The summed E-state index contributed by atoms with van der Waals surface area (Å²) in [7, 11) is 0. The Morgan fingerprint density at radius 2 is 1.00 bits per heavy atom. The lowest BCUT2D eigenvalue weighted by atomic mass is 9.70. The maximum atomic E-state index is 2.33. The molecule has 0 aliphatic heterocycles. The van der Waals surface area contributed by atoms with Gasteiger partial charge in [-0.25, -0.2) is 0 Å². The quantitative estimate of drug-likeness (QED) is 0.545. The summed E-state index contributed by atoms with van der Waals surface area (Å²) in [6.45, 7) is 6.64. The van der Waals surface area contributed by atoms with E-state index in [0.717, 1.165) is 0 Å². The molecule has 0 saturated heterocycles. The van der Waals surface area contributed by atoms with E-state index >= 15 is 0 Å². The highest BCUT2D eigenvalue weighted by Crippen LogP contribution is 2.39. The van der Waals surface area contributed by atoms with Crippen molar-refractivity contribution in [1.29, 1.82) is 0 Å². The van der Waals surface area contributed by atoms with E-state index in [2.05, 4.69) is 99.6 Å². The fourth-order valence-electron chi connectivity index (χ4n) is 3.18. The smallest absolute Gasteiger partial charge is 0.0423 e. The molecule has 3 rings (SSSR count). The minimum Gasteiger partial charge on any atom is -0.0622 e. The van der Waals surface area contributed by atoms with Gasteiger partial charge < -0.3 is 0 Å². The Kier molecular flexibility index (Phi) is 3.85. The normalized spacial score (nSPS) is 11.4. The molecule has 0 aromatic heterocycles. The Balaban J connectivity index is 2.27. The zero-order valence-electron chi connectivity index (χ0n) is 13.5. The first kappa shape index (κ1) is 14.6. The molecule has 0 heterocycles. The Hall–Kier alpha value is -2.34. The minimum absolute atomic E-state index is 0.140. The number of hydrogen-bond acceptors (Lipinski definition) is 0. The molecule has 0 aliphatic rings. The molecule has 0 atom stereocenters. The van der Waals surface area contributed by atoms with Gasteiger partial charge in [0.15, 0.2) is 0 Å². The average molecular weight is 286 g/mol. The Labute approximate surface area is 133 Å². The third kappa shape index (κ3) is 2.57. The first-order chi connectivity index (χ1) is 10.6. The van der Waals surface area contributed by atoms with E-state index in [1.165, 1.54) is 27.8 Å². The molecular weight excluding hydrogens is 264 g/mol. The second-order valence-corrected chi connectivity index (χ2v) is 6.23. The summed E-state index contributed by atoms with van der Waals surface area (Å²) < 4.78 is 0. The first-order valence-corrected chi connectivity index (χ1v) is 7.80. The van der Waals surface area contributed by atoms with Crippen molar-refractivity contribution in [3.05, 3.63) is 107 Å². The van der Waals surface area contributed by atoms with E-state index in [0.29, 0.717) is 0 Å². The summed E-state index contributed by atoms with van der Waals surface area (Å²) in [5, 5.41) is 0. The summed E-state index contributed by atoms with van der Waals surface area (Å²) >= 11 is 0. The summed E-state index contributed by atoms with van der Waals surface area (Å²) in [5.74, 6) is 0. The van der Waals surface area contributed by atoms with Crippen molar-refractivity contribution in [2.45, 2.75) is 26.2 Å². The van der Waals surface area contributed by atoms with Gasteiger partial charge in [-0.05, 0) is 37.5 Å². The molecule has 22 heavy (non-hydrogen) atoms. The molecule has 0 heteroatoms. The topological polar surface area (TPSA) is 0 Å². The largest absolute Gasteiger partial charge is 0.0622 e. The first-order valence-electron chi connectivity index (χ1n) is 7.80. The van der Waals surface area contributed by atoms with E-state index in [-0.39, 0.29) is 5.41 Å². The maximum absolute atomic E-state index is 2.33. The lowest BCUT2D eigenvalue weighted by molar-refractivity contribution is 0.691. The Morgan fingerprint density at radius 3 is 1.45 bits per heavy atom. The highest BCUT2D eigenvalue weighted by Gasteiger charge is 2.31. The highest BCUT2D eigenvalue weighted by atomic mass is 14.3. The van der Waals surface area contributed by atoms with E-state index < -0.39 is 0 Å². The summed E-state index contributed by atoms with van der Waals surface area (Å²) in [4.78, 5) is 0. The van der Waals surface area contributed by atoms with E-state index in [9.17, 15) is 0 Å². The van der Waals surface area contributed by atoms with Gasteiger partial charge in [-0.3, -0.25) is 0 Å². The molecule has 0 nitrogen and oxygen atoms in total. The summed E-state index contributed by atoms with van der Waals surface area (Å²) in [6.07, 6.45) is 0. The standard InChI is InChI=1S/C22H22/c1-17-9-7-13-20(15-17)22(3,19-11-5-4-6-12-19)21-14-8-10-18(2)16-21/h4-16H,1-3H3.